The van der Waals surface area contributed by atoms with Gasteiger partial charge in [0, 0.05) is 19.8 Å². The van der Waals surface area contributed by atoms with Gasteiger partial charge in [0.05, 0.1) is 11.3 Å². The highest BCUT2D eigenvalue weighted by atomic mass is 32.2. The largest absolute Gasteiger partial charge is 0.416 e. The Morgan fingerprint density at radius 2 is 1.61 bits per heavy atom. The zero-order chi connectivity index (χ0) is 21.1. The zero-order valence-corrected chi connectivity index (χ0v) is 15.7. The predicted molar refractivity (Wildman–Crippen MR) is 96.4 cm³/mol. The molecular weight excluding hydrogens is 402 g/mol. The number of amides is 1. The molecule has 1 amide bonds. The third kappa shape index (κ3) is 4.98. The topological polar surface area (TPSA) is 69.7 Å². The van der Waals surface area contributed by atoms with Gasteiger partial charge in [0.25, 0.3) is 0 Å². The number of hydrogen-bond acceptors (Lipinski definition) is 3. The molecule has 0 unspecified atom stereocenters. The van der Waals surface area contributed by atoms with E-state index in [0.29, 0.717) is 4.31 Å². The highest BCUT2D eigenvalue weighted by molar-refractivity contribution is 7.90. The number of nitrogens with one attached hydrogen (secondary N) is 1. The summed E-state index contributed by atoms with van der Waals surface area (Å²) in [5, 5.41) is 2.30. The second-order valence-electron chi connectivity index (χ2n) is 5.87. The molecule has 0 atom stereocenters. The second kappa shape index (κ2) is 8.15. The second-order valence-corrected chi connectivity index (χ2v) is 7.94. The minimum Gasteiger partial charge on any atom is -0.325 e. The summed E-state index contributed by atoms with van der Waals surface area (Å²) in [5.41, 5.74) is -1.19. The van der Waals surface area contributed by atoms with Crippen LogP contribution >= 0.6 is 0 Å². The summed E-state index contributed by atoms with van der Waals surface area (Å²) in [5.74, 6) is -1.70. The number of nitrogens with zero attached hydrogens (tertiary/aromatic N) is 2. The predicted octanol–water partition coefficient (Wildman–Crippen LogP) is 3.10. The van der Waals surface area contributed by atoms with Crippen LogP contribution in [0.5, 0.6) is 0 Å². The number of carbonyl (C=O) groups is 1. The molecule has 0 fully saturated rings. The molecule has 0 spiro atoms. The van der Waals surface area contributed by atoms with E-state index < -0.39 is 40.2 Å². The summed E-state index contributed by atoms with van der Waals surface area (Å²) in [6.45, 7) is -0.775. The van der Waals surface area contributed by atoms with E-state index in [9.17, 15) is 30.8 Å². The van der Waals surface area contributed by atoms with E-state index in [2.05, 4.69) is 5.32 Å². The van der Waals surface area contributed by atoms with Crippen LogP contribution < -0.4 is 9.62 Å². The van der Waals surface area contributed by atoms with Crippen molar-refractivity contribution in [2.45, 2.75) is 6.18 Å². The quantitative estimate of drug-likeness (QED) is 0.732. The number of halogens is 4. The van der Waals surface area contributed by atoms with Gasteiger partial charge in [-0.3, -0.25) is 4.79 Å². The van der Waals surface area contributed by atoms with Crippen molar-refractivity contribution >= 4 is 27.5 Å². The van der Waals surface area contributed by atoms with Crippen molar-refractivity contribution in [2.75, 3.05) is 30.3 Å². The highest BCUT2D eigenvalue weighted by Crippen LogP contribution is 2.30. The Balaban J connectivity index is 2.25. The Hall–Kier alpha value is -2.66. The first-order valence-corrected chi connectivity index (χ1v) is 9.24. The number of alkyl halides is 3. The molecule has 2 rings (SSSR count). The monoisotopic (exact) mass is 419 g/mol. The molecule has 0 radical (unpaired) electrons. The summed E-state index contributed by atoms with van der Waals surface area (Å²) in [6, 6.07) is 8.64. The molecule has 11 heteroatoms. The summed E-state index contributed by atoms with van der Waals surface area (Å²) < 4.78 is 78.3. The highest BCUT2D eigenvalue weighted by Gasteiger charge is 2.31. The molecule has 0 aliphatic carbocycles. The summed E-state index contributed by atoms with van der Waals surface area (Å²) in [7, 11) is -1.77. The van der Waals surface area contributed by atoms with Crippen molar-refractivity contribution in [3.05, 3.63) is 59.9 Å². The number of para-hydroxylation sites is 1. The first-order valence-electron chi connectivity index (χ1n) is 7.85. The van der Waals surface area contributed by atoms with Crippen molar-refractivity contribution < 1.29 is 30.8 Å². The number of anilines is 2. The van der Waals surface area contributed by atoms with Gasteiger partial charge >= 0.3 is 16.4 Å². The van der Waals surface area contributed by atoms with E-state index >= 15 is 0 Å². The lowest BCUT2D eigenvalue weighted by molar-refractivity contribution is -0.137. The van der Waals surface area contributed by atoms with Crippen LogP contribution in [0.1, 0.15) is 5.56 Å². The van der Waals surface area contributed by atoms with E-state index in [0.717, 1.165) is 34.6 Å². The third-order valence-corrected chi connectivity index (χ3v) is 5.45. The van der Waals surface area contributed by atoms with Crippen LogP contribution in [0.2, 0.25) is 0 Å². The molecule has 28 heavy (non-hydrogen) atoms. The smallest absolute Gasteiger partial charge is 0.325 e. The molecule has 0 bridgehead atoms. The van der Waals surface area contributed by atoms with E-state index in [-0.39, 0.29) is 11.4 Å². The Morgan fingerprint density at radius 1 is 1.04 bits per heavy atom. The minimum atomic E-state index is -4.52. The van der Waals surface area contributed by atoms with Crippen LogP contribution in [0.15, 0.2) is 48.5 Å². The fraction of sp³-hybridized carbons (Fsp3) is 0.235. The molecule has 2 aromatic rings. The lowest BCUT2D eigenvalue weighted by Crippen LogP contribution is -2.44. The van der Waals surface area contributed by atoms with E-state index in [4.69, 9.17) is 0 Å². The summed E-state index contributed by atoms with van der Waals surface area (Å²) in [6.07, 6.45) is -4.52. The van der Waals surface area contributed by atoms with Crippen molar-refractivity contribution in [2.24, 2.45) is 0 Å². The van der Waals surface area contributed by atoms with Gasteiger partial charge in [0.15, 0.2) is 0 Å². The molecule has 1 N–H and O–H groups in total. The maximum atomic E-state index is 14.1. The first kappa shape index (κ1) is 21.6. The Labute approximate surface area is 159 Å². The van der Waals surface area contributed by atoms with Crippen LogP contribution in [0, 0.1) is 5.82 Å². The molecule has 0 aliphatic heterocycles. The Morgan fingerprint density at radius 3 is 2.11 bits per heavy atom. The molecule has 6 nitrogen and oxygen atoms in total. The van der Waals surface area contributed by atoms with Gasteiger partial charge in [-0.1, -0.05) is 12.1 Å². The van der Waals surface area contributed by atoms with Crippen molar-refractivity contribution in [3.63, 3.8) is 0 Å². The number of hydrogen-bond donors (Lipinski definition) is 1. The van der Waals surface area contributed by atoms with Crippen molar-refractivity contribution in [3.8, 4) is 0 Å². The van der Waals surface area contributed by atoms with Crippen molar-refractivity contribution in [1.29, 1.82) is 0 Å². The Kier molecular flexibility index (Phi) is 6.30. The van der Waals surface area contributed by atoms with E-state index in [1.54, 1.807) is 0 Å². The molecule has 0 aromatic heterocycles. The molecule has 2 aromatic carbocycles. The van der Waals surface area contributed by atoms with Crippen LogP contribution in [-0.4, -0.2) is 39.3 Å². The molecule has 0 aliphatic rings. The zero-order valence-electron chi connectivity index (χ0n) is 14.9. The number of carbonyl (C=O) groups excluding carboxylic acids is 1. The number of benzene rings is 2. The van der Waals surface area contributed by atoms with Gasteiger partial charge in [-0.25, -0.2) is 8.70 Å². The van der Waals surface area contributed by atoms with Crippen LogP contribution in [0.3, 0.4) is 0 Å². The molecule has 0 heterocycles. The average molecular weight is 419 g/mol. The molecule has 0 saturated carbocycles. The standard InChI is InChI=1S/C17H17F4N3O3S/c1-23(2)28(26,27)24(15-6-4-3-5-14(15)18)11-16(25)22-13-9-7-12(8-10-13)17(19,20)21/h3-10H,11H2,1-2H3,(H,22,25). The fourth-order valence-corrected chi connectivity index (χ4v) is 3.29. The first-order chi connectivity index (χ1) is 12.9. The summed E-state index contributed by atoms with van der Waals surface area (Å²) >= 11 is 0. The van der Waals surface area contributed by atoms with Gasteiger partial charge in [-0.2, -0.15) is 25.9 Å². The maximum Gasteiger partial charge on any atom is 0.416 e. The number of rotatable bonds is 6. The van der Waals surface area contributed by atoms with Crippen LogP contribution in [0.4, 0.5) is 28.9 Å². The molecule has 0 saturated heterocycles. The van der Waals surface area contributed by atoms with Crippen LogP contribution in [0.25, 0.3) is 0 Å². The van der Waals surface area contributed by atoms with E-state index in [1.807, 2.05) is 0 Å². The lowest BCUT2D eigenvalue weighted by Gasteiger charge is -2.27. The normalized spacial score (nSPS) is 12.1. The van der Waals surface area contributed by atoms with Crippen LogP contribution in [-0.2, 0) is 21.2 Å². The minimum absolute atomic E-state index is 0.0359. The van der Waals surface area contributed by atoms with Gasteiger partial charge in [-0.05, 0) is 36.4 Å². The van der Waals surface area contributed by atoms with E-state index in [1.165, 1.54) is 32.3 Å². The molecular formula is C17H17F4N3O3S. The van der Waals surface area contributed by atoms with Gasteiger partial charge in [0.1, 0.15) is 12.4 Å². The third-order valence-electron chi connectivity index (χ3n) is 3.64. The SMILES string of the molecule is CN(C)S(=O)(=O)N(CC(=O)Nc1ccc(C(F)(F)F)cc1)c1ccccc1F. The summed E-state index contributed by atoms with van der Waals surface area (Å²) in [4.78, 5) is 12.3. The lowest BCUT2D eigenvalue weighted by atomic mass is 10.2. The van der Waals surface area contributed by atoms with Gasteiger partial charge in [-0.15, -0.1) is 0 Å². The van der Waals surface area contributed by atoms with Crippen molar-refractivity contribution in [1.82, 2.24) is 4.31 Å². The fourth-order valence-electron chi connectivity index (χ4n) is 2.22. The maximum absolute atomic E-state index is 14.1. The van der Waals surface area contributed by atoms with Gasteiger partial charge in [0.2, 0.25) is 5.91 Å². The molecule has 152 valence electrons. The average Bonchev–Trinajstić information content (AvgIpc) is 2.60. The Bertz CT molecular complexity index is 945. The van der Waals surface area contributed by atoms with Gasteiger partial charge < -0.3 is 5.32 Å².